The van der Waals surface area contributed by atoms with E-state index in [1.807, 2.05) is 24.4 Å². The Morgan fingerprint density at radius 3 is 2.70 bits per heavy atom. The molecule has 4 nitrogen and oxygen atoms in total. The third-order valence-electron chi connectivity index (χ3n) is 5.36. The van der Waals surface area contributed by atoms with Crippen LogP contribution in [0.3, 0.4) is 0 Å². The van der Waals surface area contributed by atoms with Gasteiger partial charge in [-0.05, 0) is 54.8 Å². The highest BCUT2D eigenvalue weighted by Gasteiger charge is 2.13. The second-order valence-electron chi connectivity index (χ2n) is 8.15. The number of pyridine rings is 1. The first-order valence-electron chi connectivity index (χ1n) is 10.5. The van der Waals surface area contributed by atoms with Gasteiger partial charge in [-0.15, -0.1) is 0 Å². The minimum Gasteiger partial charge on any atom is -0.497 e. The minimum absolute atomic E-state index is 0.631. The molecule has 0 bridgehead atoms. The van der Waals surface area contributed by atoms with Gasteiger partial charge in [-0.3, -0.25) is 4.98 Å². The van der Waals surface area contributed by atoms with Crippen LogP contribution in [0.1, 0.15) is 25.0 Å². The van der Waals surface area contributed by atoms with Crippen molar-refractivity contribution in [1.82, 2.24) is 14.9 Å². The number of nitrogens with zero attached hydrogens (tertiary/aromatic N) is 2. The molecule has 0 fully saturated rings. The fourth-order valence-corrected chi connectivity index (χ4v) is 3.80. The third-order valence-corrected chi connectivity index (χ3v) is 5.36. The summed E-state index contributed by atoms with van der Waals surface area (Å²) in [5, 5.41) is 4.87. The number of ether oxygens (including phenoxy) is 1. The highest BCUT2D eigenvalue weighted by molar-refractivity contribution is 5.86. The molecule has 4 heteroatoms. The molecule has 0 atom stereocenters. The summed E-state index contributed by atoms with van der Waals surface area (Å²) in [6.45, 7) is 8.45. The van der Waals surface area contributed by atoms with Crippen LogP contribution in [0.2, 0.25) is 0 Å². The highest BCUT2D eigenvalue weighted by Crippen LogP contribution is 2.29. The number of aromatic nitrogens is 2. The number of benzene rings is 2. The first kappa shape index (κ1) is 20.2. The van der Waals surface area contributed by atoms with E-state index in [9.17, 15) is 0 Å². The SMILES string of the molecule is COc1cccc(-c2cc(-n3cc(CNCC(C)C)c4ccccc43)c(C)cn2)c1. The lowest BCUT2D eigenvalue weighted by Gasteiger charge is -2.12. The lowest BCUT2D eigenvalue weighted by atomic mass is 10.1. The van der Waals surface area contributed by atoms with Crippen LogP contribution in [0.15, 0.2) is 67.0 Å². The van der Waals surface area contributed by atoms with E-state index < -0.39 is 0 Å². The molecular weight excluding hydrogens is 370 g/mol. The standard InChI is InChI=1S/C26H29N3O/c1-18(2)14-27-16-21-17-29(25-11-6-5-10-23(21)25)26-13-24(28-15-19(26)3)20-8-7-9-22(12-20)30-4/h5-13,15,17-18,27H,14,16H2,1-4H3. The van der Waals surface area contributed by atoms with E-state index in [-0.39, 0.29) is 0 Å². The molecule has 0 aliphatic heterocycles. The summed E-state index contributed by atoms with van der Waals surface area (Å²) in [5.41, 5.74) is 6.80. The lowest BCUT2D eigenvalue weighted by Crippen LogP contribution is -2.18. The Kier molecular flexibility index (Phi) is 5.86. The molecule has 0 amide bonds. The number of nitrogens with one attached hydrogen (secondary N) is 1. The van der Waals surface area contributed by atoms with Gasteiger partial charge in [0.2, 0.25) is 0 Å². The summed E-state index contributed by atoms with van der Waals surface area (Å²) in [6, 6.07) is 18.8. The Balaban J connectivity index is 1.78. The first-order valence-corrected chi connectivity index (χ1v) is 10.5. The van der Waals surface area contributed by atoms with Crippen molar-refractivity contribution < 1.29 is 4.74 Å². The molecule has 2 heterocycles. The Hall–Kier alpha value is -3.11. The second kappa shape index (κ2) is 8.72. The van der Waals surface area contributed by atoms with Gasteiger partial charge in [0.15, 0.2) is 0 Å². The van der Waals surface area contributed by atoms with E-state index in [1.165, 1.54) is 16.5 Å². The summed E-state index contributed by atoms with van der Waals surface area (Å²) >= 11 is 0. The van der Waals surface area contributed by atoms with Crippen LogP contribution in [0.5, 0.6) is 5.75 Å². The van der Waals surface area contributed by atoms with Gasteiger partial charge in [-0.1, -0.05) is 44.2 Å². The molecule has 0 aliphatic rings. The predicted molar refractivity (Wildman–Crippen MR) is 124 cm³/mol. The van der Waals surface area contributed by atoms with Gasteiger partial charge >= 0.3 is 0 Å². The minimum atomic E-state index is 0.631. The van der Waals surface area contributed by atoms with Crippen molar-refractivity contribution in [3.63, 3.8) is 0 Å². The van der Waals surface area contributed by atoms with Crippen LogP contribution < -0.4 is 10.1 Å². The largest absolute Gasteiger partial charge is 0.497 e. The third kappa shape index (κ3) is 4.10. The molecule has 4 rings (SSSR count). The van der Waals surface area contributed by atoms with Crippen molar-refractivity contribution in [2.24, 2.45) is 5.92 Å². The molecule has 154 valence electrons. The molecule has 4 aromatic rings. The van der Waals surface area contributed by atoms with Crippen LogP contribution in [0.25, 0.3) is 27.8 Å². The topological polar surface area (TPSA) is 39.1 Å². The van der Waals surface area contributed by atoms with Crippen LogP contribution in [0.4, 0.5) is 0 Å². The van der Waals surface area contributed by atoms with Gasteiger partial charge in [-0.2, -0.15) is 0 Å². The molecule has 0 radical (unpaired) electrons. The first-order chi connectivity index (χ1) is 14.6. The lowest BCUT2D eigenvalue weighted by molar-refractivity contribution is 0.415. The van der Waals surface area contributed by atoms with Gasteiger partial charge in [0.05, 0.1) is 24.0 Å². The highest BCUT2D eigenvalue weighted by atomic mass is 16.5. The average molecular weight is 400 g/mol. The van der Waals surface area contributed by atoms with Crippen LogP contribution in [-0.2, 0) is 6.54 Å². The molecule has 1 N–H and O–H groups in total. The summed E-state index contributed by atoms with van der Waals surface area (Å²) in [6.07, 6.45) is 4.21. The average Bonchev–Trinajstić information content (AvgIpc) is 3.12. The number of para-hydroxylation sites is 1. The van der Waals surface area contributed by atoms with Crippen LogP contribution >= 0.6 is 0 Å². The maximum atomic E-state index is 5.39. The fraction of sp³-hybridized carbons (Fsp3) is 0.269. The van der Waals surface area contributed by atoms with Gasteiger partial charge in [0.1, 0.15) is 5.75 Å². The second-order valence-corrected chi connectivity index (χ2v) is 8.15. The van der Waals surface area contributed by atoms with E-state index in [0.717, 1.165) is 41.3 Å². The molecule has 0 saturated heterocycles. The van der Waals surface area contributed by atoms with Crippen LogP contribution in [-0.4, -0.2) is 23.2 Å². The monoisotopic (exact) mass is 399 g/mol. The zero-order chi connectivity index (χ0) is 21.1. The molecule has 0 spiro atoms. The Labute approximate surface area is 178 Å². The van der Waals surface area contributed by atoms with Crippen molar-refractivity contribution in [2.75, 3.05) is 13.7 Å². The summed E-state index contributed by atoms with van der Waals surface area (Å²) < 4.78 is 7.68. The molecular formula is C26H29N3O. The molecule has 0 unspecified atom stereocenters. The molecule has 0 aliphatic carbocycles. The van der Waals surface area contributed by atoms with E-state index in [1.54, 1.807) is 7.11 Å². The molecule has 2 aromatic heterocycles. The van der Waals surface area contributed by atoms with Crippen molar-refractivity contribution in [3.8, 4) is 22.7 Å². The van der Waals surface area contributed by atoms with Crippen molar-refractivity contribution in [2.45, 2.75) is 27.3 Å². The summed E-state index contributed by atoms with van der Waals surface area (Å²) in [4.78, 5) is 4.68. The Morgan fingerprint density at radius 2 is 1.90 bits per heavy atom. The predicted octanol–water partition coefficient (Wildman–Crippen LogP) is 5.76. The Morgan fingerprint density at radius 1 is 1.07 bits per heavy atom. The molecule has 0 saturated carbocycles. The quantitative estimate of drug-likeness (QED) is 0.430. The van der Waals surface area contributed by atoms with Gasteiger partial charge in [-0.25, -0.2) is 0 Å². The van der Waals surface area contributed by atoms with E-state index in [0.29, 0.717) is 5.92 Å². The normalized spacial score (nSPS) is 11.4. The number of rotatable bonds is 7. The number of hydrogen-bond acceptors (Lipinski definition) is 3. The summed E-state index contributed by atoms with van der Waals surface area (Å²) in [5.74, 6) is 1.47. The Bertz CT molecular complexity index is 1160. The van der Waals surface area contributed by atoms with Gasteiger partial charge in [0, 0.05) is 29.9 Å². The van der Waals surface area contributed by atoms with E-state index >= 15 is 0 Å². The zero-order valence-electron chi connectivity index (χ0n) is 18.1. The maximum absolute atomic E-state index is 5.39. The molecule has 2 aromatic carbocycles. The number of aryl methyl sites for hydroxylation is 1. The van der Waals surface area contributed by atoms with E-state index in [4.69, 9.17) is 4.74 Å². The van der Waals surface area contributed by atoms with Crippen LogP contribution in [0, 0.1) is 12.8 Å². The number of hydrogen-bond donors (Lipinski definition) is 1. The number of methoxy groups -OCH3 is 1. The van der Waals surface area contributed by atoms with Gasteiger partial charge in [0.25, 0.3) is 0 Å². The summed E-state index contributed by atoms with van der Waals surface area (Å²) in [7, 11) is 1.69. The number of fused-ring (bicyclic) bond motifs is 1. The smallest absolute Gasteiger partial charge is 0.119 e. The van der Waals surface area contributed by atoms with Crippen molar-refractivity contribution in [1.29, 1.82) is 0 Å². The van der Waals surface area contributed by atoms with E-state index in [2.05, 4.69) is 78.2 Å². The fourth-order valence-electron chi connectivity index (χ4n) is 3.80. The molecule has 30 heavy (non-hydrogen) atoms. The van der Waals surface area contributed by atoms with Crippen molar-refractivity contribution in [3.05, 3.63) is 78.1 Å². The zero-order valence-corrected chi connectivity index (χ0v) is 18.1. The maximum Gasteiger partial charge on any atom is 0.119 e. The van der Waals surface area contributed by atoms with Gasteiger partial charge < -0.3 is 14.6 Å². The van der Waals surface area contributed by atoms with Crippen molar-refractivity contribution >= 4 is 10.9 Å².